The summed E-state index contributed by atoms with van der Waals surface area (Å²) < 4.78 is 0. The van der Waals surface area contributed by atoms with Crippen LogP contribution in [0.5, 0.6) is 0 Å². The van der Waals surface area contributed by atoms with Crippen molar-refractivity contribution in [2.24, 2.45) is 0 Å². The lowest BCUT2D eigenvalue weighted by atomic mass is 10.00. The van der Waals surface area contributed by atoms with Crippen molar-refractivity contribution < 1.29 is 0 Å². The van der Waals surface area contributed by atoms with Gasteiger partial charge < -0.3 is 15.5 Å². The third kappa shape index (κ3) is 4.43. The first-order chi connectivity index (χ1) is 13.6. The highest BCUT2D eigenvalue weighted by atomic mass is 15.4. The van der Waals surface area contributed by atoms with Gasteiger partial charge in [-0.05, 0) is 38.8 Å². The number of nitrogen functional groups attached to an aromatic ring is 1. The van der Waals surface area contributed by atoms with E-state index in [1.54, 1.807) is 0 Å². The topological polar surface area (TPSA) is 82.3 Å². The second kappa shape index (κ2) is 8.43. The fourth-order valence-electron chi connectivity index (χ4n) is 4.41. The van der Waals surface area contributed by atoms with Crippen LogP contribution >= 0.6 is 0 Å². The van der Waals surface area contributed by atoms with Gasteiger partial charge in [-0.2, -0.15) is 4.98 Å². The number of aromatic nitrogens is 2. The Hall–Kier alpha value is -2.22. The summed E-state index contributed by atoms with van der Waals surface area (Å²) in [6, 6.07) is 14.2. The van der Waals surface area contributed by atoms with E-state index in [0.717, 1.165) is 50.4 Å². The van der Waals surface area contributed by atoms with Crippen molar-refractivity contribution in [1.82, 2.24) is 25.7 Å². The van der Waals surface area contributed by atoms with E-state index in [9.17, 15) is 0 Å². The van der Waals surface area contributed by atoms with E-state index < -0.39 is 0 Å². The summed E-state index contributed by atoms with van der Waals surface area (Å²) >= 11 is 0. The summed E-state index contributed by atoms with van der Waals surface area (Å²) in [6.45, 7) is 5.04. The molecule has 150 valence electrons. The number of rotatable bonds is 5. The first-order valence-corrected chi connectivity index (χ1v) is 10.2. The normalized spacial score (nSPS) is 23.5. The van der Waals surface area contributed by atoms with Crippen LogP contribution in [-0.4, -0.2) is 53.6 Å². The average molecular weight is 382 g/mol. The van der Waals surface area contributed by atoms with Crippen LogP contribution in [0.4, 0.5) is 11.8 Å². The third-order valence-corrected chi connectivity index (χ3v) is 5.96. The van der Waals surface area contributed by atoms with Crippen LogP contribution in [0, 0.1) is 6.92 Å². The van der Waals surface area contributed by atoms with E-state index in [0.29, 0.717) is 24.1 Å². The van der Waals surface area contributed by atoms with Crippen molar-refractivity contribution in [3.8, 4) is 0 Å². The first-order valence-electron chi connectivity index (χ1n) is 10.2. The second-order valence-corrected chi connectivity index (χ2v) is 8.07. The van der Waals surface area contributed by atoms with Crippen LogP contribution in [0.2, 0.25) is 0 Å². The molecule has 7 nitrogen and oxygen atoms in total. The summed E-state index contributed by atoms with van der Waals surface area (Å²) in [7, 11) is 2.25. The second-order valence-electron chi connectivity index (χ2n) is 8.07. The number of benzene rings is 1. The van der Waals surface area contributed by atoms with Crippen molar-refractivity contribution in [1.29, 1.82) is 0 Å². The van der Waals surface area contributed by atoms with E-state index in [4.69, 9.17) is 5.73 Å². The van der Waals surface area contributed by atoms with Crippen LogP contribution in [0.25, 0.3) is 0 Å². The van der Waals surface area contributed by atoms with E-state index in [2.05, 4.69) is 68.0 Å². The fourth-order valence-corrected chi connectivity index (χ4v) is 4.41. The molecule has 2 fully saturated rings. The molecule has 28 heavy (non-hydrogen) atoms. The number of likely N-dealkylation sites (N-methyl/N-ethyl adjacent to an activating group) is 1. The molecule has 2 unspecified atom stereocenters. The molecule has 2 atom stereocenters. The van der Waals surface area contributed by atoms with Gasteiger partial charge in [0.2, 0.25) is 5.95 Å². The van der Waals surface area contributed by atoms with Crippen molar-refractivity contribution in [2.45, 2.75) is 44.3 Å². The minimum absolute atomic E-state index is 0.363. The molecule has 1 aromatic carbocycles. The Labute approximate surface area is 167 Å². The number of aryl methyl sites for hydroxylation is 1. The summed E-state index contributed by atoms with van der Waals surface area (Å²) in [5.41, 5.74) is 15.0. The van der Waals surface area contributed by atoms with E-state index in [-0.39, 0.29) is 0 Å². The van der Waals surface area contributed by atoms with Crippen molar-refractivity contribution in [3.05, 3.63) is 47.7 Å². The molecular weight excluding hydrogens is 350 g/mol. The molecule has 2 aliphatic rings. The Morgan fingerprint density at radius 1 is 1.14 bits per heavy atom. The molecule has 0 spiro atoms. The molecule has 7 heteroatoms. The Bertz CT molecular complexity index is 753. The summed E-state index contributed by atoms with van der Waals surface area (Å²) in [5.74, 6) is 1.32. The Morgan fingerprint density at radius 3 is 2.61 bits per heavy atom. The molecule has 2 saturated heterocycles. The lowest BCUT2D eigenvalue weighted by Crippen LogP contribution is -2.47. The largest absolute Gasteiger partial charge is 0.368 e. The molecule has 0 amide bonds. The van der Waals surface area contributed by atoms with E-state index in [1.807, 2.05) is 13.0 Å². The number of piperidine rings is 1. The van der Waals surface area contributed by atoms with Gasteiger partial charge in [0, 0.05) is 49.5 Å². The van der Waals surface area contributed by atoms with Crippen LogP contribution in [0.3, 0.4) is 0 Å². The monoisotopic (exact) mass is 381 g/mol. The Morgan fingerprint density at radius 2 is 1.89 bits per heavy atom. The van der Waals surface area contributed by atoms with Crippen LogP contribution in [-0.2, 0) is 0 Å². The molecule has 3 heterocycles. The van der Waals surface area contributed by atoms with Crippen molar-refractivity contribution in [2.75, 3.05) is 37.3 Å². The third-order valence-electron chi connectivity index (χ3n) is 5.96. The van der Waals surface area contributed by atoms with E-state index >= 15 is 0 Å². The molecular formula is C21H31N7. The predicted octanol–water partition coefficient (Wildman–Crippen LogP) is 1.88. The Kier molecular flexibility index (Phi) is 5.75. The van der Waals surface area contributed by atoms with Gasteiger partial charge in [0.05, 0.1) is 0 Å². The molecule has 0 saturated carbocycles. The number of nitrogens with zero attached hydrogens (tertiary/aromatic N) is 4. The fraction of sp³-hybridized carbons (Fsp3) is 0.524. The number of hydrazine groups is 1. The number of hydrogen-bond acceptors (Lipinski definition) is 7. The van der Waals surface area contributed by atoms with Gasteiger partial charge in [0.15, 0.2) is 0 Å². The first kappa shape index (κ1) is 19.1. The lowest BCUT2D eigenvalue weighted by molar-refractivity contribution is 0.190. The molecule has 4 N–H and O–H groups in total. The molecule has 0 bridgehead atoms. The molecule has 2 aliphatic heterocycles. The van der Waals surface area contributed by atoms with Gasteiger partial charge in [0.25, 0.3) is 0 Å². The highest BCUT2D eigenvalue weighted by Crippen LogP contribution is 2.25. The number of nitrogens with one attached hydrogen (secondary N) is 2. The quantitative estimate of drug-likeness (QED) is 0.729. The number of hydrogen-bond donors (Lipinski definition) is 3. The van der Waals surface area contributed by atoms with Crippen LogP contribution in [0.15, 0.2) is 36.4 Å². The summed E-state index contributed by atoms with van der Waals surface area (Å²) in [5, 5.41) is 0. The molecule has 4 rings (SSSR count). The van der Waals surface area contributed by atoms with Crippen molar-refractivity contribution >= 4 is 11.8 Å². The van der Waals surface area contributed by atoms with Crippen molar-refractivity contribution in [3.63, 3.8) is 0 Å². The van der Waals surface area contributed by atoms with E-state index in [1.165, 1.54) is 5.56 Å². The highest BCUT2D eigenvalue weighted by Gasteiger charge is 2.29. The average Bonchev–Trinajstić information content (AvgIpc) is 3.16. The minimum atomic E-state index is 0.363. The zero-order valence-corrected chi connectivity index (χ0v) is 16.8. The lowest BCUT2D eigenvalue weighted by Gasteiger charge is -2.38. The number of nitrogens with two attached hydrogens (primary N) is 1. The van der Waals surface area contributed by atoms with Gasteiger partial charge in [0.1, 0.15) is 5.82 Å². The zero-order valence-electron chi connectivity index (χ0n) is 16.8. The van der Waals surface area contributed by atoms with Gasteiger partial charge in [-0.25, -0.2) is 10.4 Å². The predicted molar refractivity (Wildman–Crippen MR) is 113 cm³/mol. The SMILES string of the molecule is Cc1cc(N2CCC(N(C)CC3CC(c4ccccc4)NN3)CC2)nc(N)n1. The van der Waals surface area contributed by atoms with Gasteiger partial charge in [-0.15, -0.1) is 0 Å². The molecule has 0 aliphatic carbocycles. The molecule has 2 aromatic rings. The summed E-state index contributed by atoms with van der Waals surface area (Å²) in [4.78, 5) is 13.4. The molecule has 0 radical (unpaired) electrons. The van der Waals surface area contributed by atoms with Gasteiger partial charge in [-0.1, -0.05) is 30.3 Å². The molecule has 1 aromatic heterocycles. The minimum Gasteiger partial charge on any atom is -0.368 e. The maximum Gasteiger partial charge on any atom is 0.222 e. The van der Waals surface area contributed by atoms with Crippen LogP contribution in [0.1, 0.15) is 36.6 Å². The van der Waals surface area contributed by atoms with Crippen LogP contribution < -0.4 is 21.5 Å². The standard InChI is InChI=1S/C21H31N7/c1-15-12-20(24-21(22)23-15)28-10-8-18(9-11-28)27(2)14-17-13-19(26-25-17)16-6-4-3-5-7-16/h3-7,12,17-19,25-26H,8-11,13-14H2,1-2H3,(H2,22,23,24). The Balaban J connectivity index is 1.27. The summed E-state index contributed by atoms with van der Waals surface area (Å²) in [6.07, 6.45) is 3.40. The highest BCUT2D eigenvalue weighted by molar-refractivity contribution is 5.43. The van der Waals surface area contributed by atoms with Gasteiger partial charge >= 0.3 is 0 Å². The number of anilines is 2. The van der Waals surface area contributed by atoms with Gasteiger partial charge in [-0.3, -0.25) is 5.43 Å². The zero-order chi connectivity index (χ0) is 19.5. The maximum absolute atomic E-state index is 5.82. The smallest absolute Gasteiger partial charge is 0.222 e. The maximum atomic E-state index is 5.82.